The Kier molecular flexibility index (Phi) is 5.40. The Labute approximate surface area is 170 Å². The summed E-state index contributed by atoms with van der Waals surface area (Å²) in [6, 6.07) is 26.6. The van der Waals surface area contributed by atoms with Crippen molar-refractivity contribution in [3.05, 3.63) is 108 Å². The zero-order chi connectivity index (χ0) is 20.1. The summed E-state index contributed by atoms with van der Waals surface area (Å²) in [5.74, 6) is 0.602. The molecule has 0 saturated heterocycles. The molecule has 4 heteroatoms. The van der Waals surface area contributed by atoms with Gasteiger partial charge in [0.25, 0.3) is 0 Å². The van der Waals surface area contributed by atoms with Gasteiger partial charge >= 0.3 is 0 Å². The quantitative estimate of drug-likeness (QED) is 0.437. The van der Waals surface area contributed by atoms with Gasteiger partial charge in [-0.25, -0.2) is 4.98 Å². The molecule has 0 aliphatic rings. The van der Waals surface area contributed by atoms with Crippen molar-refractivity contribution in [2.75, 3.05) is 0 Å². The van der Waals surface area contributed by atoms with Crippen LogP contribution in [0.4, 0.5) is 0 Å². The fraction of sp³-hybridized carbons (Fsp3) is 0.120. The monoisotopic (exact) mass is 379 g/mol. The van der Waals surface area contributed by atoms with Gasteiger partial charge in [-0.2, -0.15) is 5.26 Å². The molecule has 0 fully saturated rings. The summed E-state index contributed by atoms with van der Waals surface area (Å²) in [7, 11) is 0. The predicted molar refractivity (Wildman–Crippen MR) is 113 cm³/mol. The molecule has 0 amide bonds. The van der Waals surface area contributed by atoms with E-state index in [2.05, 4.69) is 47.5 Å². The number of ether oxygens (including phenoxy) is 1. The summed E-state index contributed by atoms with van der Waals surface area (Å²) in [6.07, 6.45) is 5.27. The lowest BCUT2D eigenvalue weighted by molar-refractivity contribution is 0.226. The van der Waals surface area contributed by atoms with Crippen molar-refractivity contribution in [3.8, 4) is 22.9 Å². The minimum Gasteiger partial charge on any atom is -0.485 e. The molecule has 4 aromatic rings. The lowest BCUT2D eigenvalue weighted by Gasteiger charge is -2.17. The van der Waals surface area contributed by atoms with Crippen LogP contribution in [0.25, 0.3) is 11.1 Å². The highest BCUT2D eigenvalue weighted by Gasteiger charge is 2.12. The van der Waals surface area contributed by atoms with Crippen LogP contribution in [0.1, 0.15) is 29.7 Å². The van der Waals surface area contributed by atoms with Gasteiger partial charge in [0.05, 0.1) is 11.9 Å². The summed E-state index contributed by atoms with van der Waals surface area (Å²) >= 11 is 0. The van der Waals surface area contributed by atoms with Gasteiger partial charge in [-0.3, -0.25) is 0 Å². The van der Waals surface area contributed by atoms with Crippen molar-refractivity contribution >= 4 is 0 Å². The van der Waals surface area contributed by atoms with E-state index >= 15 is 0 Å². The van der Waals surface area contributed by atoms with Crippen LogP contribution in [0, 0.1) is 11.3 Å². The Morgan fingerprint density at radius 3 is 2.45 bits per heavy atom. The largest absolute Gasteiger partial charge is 0.485 e. The van der Waals surface area contributed by atoms with E-state index in [1.165, 1.54) is 11.1 Å². The number of aromatic nitrogens is 2. The highest BCUT2D eigenvalue weighted by atomic mass is 16.5. The first-order valence-corrected chi connectivity index (χ1v) is 9.54. The number of nitriles is 1. The Morgan fingerprint density at radius 2 is 1.76 bits per heavy atom. The van der Waals surface area contributed by atoms with Crippen LogP contribution in [0.15, 0.2) is 91.5 Å². The maximum atomic E-state index is 9.47. The molecule has 1 heterocycles. The van der Waals surface area contributed by atoms with Crippen LogP contribution in [-0.4, -0.2) is 9.55 Å². The molecular formula is C25H21N3O. The molecular weight excluding hydrogens is 358 g/mol. The third-order valence-corrected chi connectivity index (χ3v) is 4.88. The van der Waals surface area contributed by atoms with Crippen molar-refractivity contribution in [2.24, 2.45) is 0 Å². The smallest absolute Gasteiger partial charge is 0.138 e. The molecule has 0 bridgehead atoms. The summed E-state index contributed by atoms with van der Waals surface area (Å²) < 4.78 is 8.16. The van der Waals surface area contributed by atoms with Crippen molar-refractivity contribution in [1.82, 2.24) is 9.55 Å². The number of hydrogen-bond donors (Lipinski definition) is 0. The molecule has 0 N–H and O–H groups in total. The third kappa shape index (κ3) is 4.36. The second kappa shape index (κ2) is 8.45. The normalized spacial score (nSPS) is 11.6. The van der Waals surface area contributed by atoms with Gasteiger partial charge in [-0.05, 0) is 41.3 Å². The van der Waals surface area contributed by atoms with Gasteiger partial charge in [-0.1, -0.05) is 60.7 Å². The minimum atomic E-state index is -0.171. The van der Waals surface area contributed by atoms with Gasteiger partial charge in [0.1, 0.15) is 17.9 Å². The van der Waals surface area contributed by atoms with Crippen LogP contribution in [0.3, 0.4) is 0 Å². The van der Waals surface area contributed by atoms with E-state index in [9.17, 15) is 5.26 Å². The van der Waals surface area contributed by atoms with Gasteiger partial charge in [-0.15, -0.1) is 0 Å². The molecule has 0 aliphatic heterocycles. The minimum absolute atomic E-state index is 0.171. The first kappa shape index (κ1) is 18.5. The molecule has 1 aromatic heterocycles. The van der Waals surface area contributed by atoms with Gasteiger partial charge in [0.2, 0.25) is 0 Å². The Morgan fingerprint density at radius 1 is 1.00 bits per heavy atom. The zero-order valence-electron chi connectivity index (χ0n) is 16.2. The van der Waals surface area contributed by atoms with Gasteiger partial charge < -0.3 is 9.30 Å². The molecule has 4 rings (SSSR count). The highest BCUT2D eigenvalue weighted by Crippen LogP contribution is 2.28. The van der Waals surface area contributed by atoms with Crippen molar-refractivity contribution in [1.29, 1.82) is 5.26 Å². The van der Waals surface area contributed by atoms with Gasteiger partial charge in [0.15, 0.2) is 0 Å². The first-order valence-electron chi connectivity index (χ1n) is 9.54. The van der Waals surface area contributed by atoms with E-state index in [-0.39, 0.29) is 6.10 Å². The third-order valence-electron chi connectivity index (χ3n) is 4.88. The number of rotatable bonds is 6. The van der Waals surface area contributed by atoms with Crippen molar-refractivity contribution in [2.45, 2.75) is 19.6 Å². The van der Waals surface area contributed by atoms with E-state index < -0.39 is 0 Å². The first-order chi connectivity index (χ1) is 14.2. The van der Waals surface area contributed by atoms with E-state index in [0.29, 0.717) is 17.9 Å². The van der Waals surface area contributed by atoms with Crippen LogP contribution >= 0.6 is 0 Å². The molecule has 0 spiro atoms. The summed E-state index contributed by atoms with van der Waals surface area (Å²) in [5.41, 5.74) is 5.01. The van der Waals surface area contributed by atoms with E-state index in [0.717, 1.165) is 11.1 Å². The number of imidazole rings is 1. The Balaban J connectivity index is 1.52. The van der Waals surface area contributed by atoms with Crippen molar-refractivity contribution < 1.29 is 4.74 Å². The molecule has 1 atom stereocenters. The van der Waals surface area contributed by atoms with E-state index in [1.54, 1.807) is 12.5 Å². The van der Waals surface area contributed by atoms with E-state index in [1.807, 2.05) is 54.1 Å². The molecule has 142 valence electrons. The molecule has 0 saturated carbocycles. The average molecular weight is 379 g/mol. The fourth-order valence-electron chi connectivity index (χ4n) is 3.28. The summed E-state index contributed by atoms with van der Waals surface area (Å²) in [4.78, 5) is 4.07. The standard InChI is InChI=1S/C25H21N3O/c1-19(21-9-11-23(12-10-21)22-5-3-2-4-6-22)29-25-15-20(7-8-24(25)16-26)17-28-14-13-27-18-28/h2-15,18-19H,17H2,1H3. The molecule has 4 nitrogen and oxygen atoms in total. The van der Waals surface area contributed by atoms with Crippen molar-refractivity contribution in [3.63, 3.8) is 0 Å². The maximum Gasteiger partial charge on any atom is 0.138 e. The Hall–Kier alpha value is -3.84. The second-order valence-corrected chi connectivity index (χ2v) is 6.93. The second-order valence-electron chi connectivity index (χ2n) is 6.93. The lowest BCUT2D eigenvalue weighted by atomic mass is 10.0. The van der Waals surface area contributed by atoms with Gasteiger partial charge in [0, 0.05) is 18.9 Å². The summed E-state index contributed by atoms with van der Waals surface area (Å²) in [6.45, 7) is 2.68. The fourth-order valence-corrected chi connectivity index (χ4v) is 3.28. The van der Waals surface area contributed by atoms with Crippen LogP contribution in [0.2, 0.25) is 0 Å². The molecule has 1 unspecified atom stereocenters. The maximum absolute atomic E-state index is 9.47. The molecule has 3 aromatic carbocycles. The summed E-state index contributed by atoms with van der Waals surface area (Å²) in [5, 5.41) is 9.47. The van der Waals surface area contributed by atoms with Crippen LogP contribution in [0.5, 0.6) is 5.75 Å². The number of hydrogen-bond acceptors (Lipinski definition) is 3. The Bertz CT molecular complexity index is 1110. The average Bonchev–Trinajstić information content (AvgIpc) is 3.28. The topological polar surface area (TPSA) is 50.8 Å². The van der Waals surface area contributed by atoms with Crippen LogP contribution in [-0.2, 0) is 6.54 Å². The van der Waals surface area contributed by atoms with E-state index in [4.69, 9.17) is 4.74 Å². The highest BCUT2D eigenvalue weighted by molar-refractivity contribution is 5.63. The number of nitrogens with zero attached hydrogens (tertiary/aromatic N) is 3. The molecule has 0 radical (unpaired) electrons. The SMILES string of the molecule is CC(Oc1cc(Cn2ccnc2)ccc1C#N)c1ccc(-c2ccccc2)cc1. The zero-order valence-corrected chi connectivity index (χ0v) is 16.2. The number of benzene rings is 3. The molecule has 0 aliphatic carbocycles. The predicted octanol–water partition coefficient (Wildman–Crippen LogP) is 5.61. The molecule has 29 heavy (non-hydrogen) atoms. The van der Waals surface area contributed by atoms with Crippen LogP contribution < -0.4 is 4.74 Å². The lowest BCUT2D eigenvalue weighted by Crippen LogP contribution is -2.05.